The minimum Gasteiger partial charge on any atom is -0.497 e. The molecule has 1 aromatic heterocycles. The van der Waals surface area contributed by atoms with E-state index in [1.54, 1.807) is 24.9 Å². The molecule has 0 spiro atoms. The first-order chi connectivity index (χ1) is 14.5. The predicted octanol–water partition coefficient (Wildman–Crippen LogP) is 4.76. The Labute approximate surface area is 189 Å². The van der Waals surface area contributed by atoms with Crippen LogP contribution in [0.4, 0.5) is 0 Å². The quantitative estimate of drug-likeness (QED) is 0.462. The van der Waals surface area contributed by atoms with Crippen LogP contribution in [0, 0.1) is 0 Å². The van der Waals surface area contributed by atoms with Crippen molar-refractivity contribution in [1.29, 1.82) is 0 Å². The zero-order chi connectivity index (χ0) is 21.5. The highest BCUT2D eigenvalue weighted by molar-refractivity contribution is 7.98. The van der Waals surface area contributed by atoms with Crippen molar-refractivity contribution in [3.63, 3.8) is 0 Å². The molecule has 0 saturated carbocycles. The van der Waals surface area contributed by atoms with Crippen LogP contribution in [0.2, 0.25) is 10.0 Å². The van der Waals surface area contributed by atoms with Gasteiger partial charge in [-0.15, -0.1) is 10.2 Å². The molecule has 9 heteroatoms. The van der Waals surface area contributed by atoms with E-state index in [1.807, 2.05) is 47.9 Å². The maximum Gasteiger partial charge on any atom is 0.224 e. The van der Waals surface area contributed by atoms with Gasteiger partial charge in [0, 0.05) is 22.3 Å². The van der Waals surface area contributed by atoms with Gasteiger partial charge in [0.15, 0.2) is 11.0 Å². The number of carbonyl (C=O) groups is 1. The Morgan fingerprint density at radius 2 is 1.93 bits per heavy atom. The number of amides is 1. The number of hydrogen-bond donors (Lipinski definition) is 1. The van der Waals surface area contributed by atoms with E-state index in [2.05, 4.69) is 15.5 Å². The Morgan fingerprint density at radius 3 is 2.60 bits per heavy atom. The number of carbonyl (C=O) groups excluding carboxylic acids is 1. The molecule has 1 amide bonds. The lowest BCUT2D eigenvalue weighted by molar-refractivity contribution is -0.120. The number of nitrogens with zero attached hydrogens (tertiary/aromatic N) is 3. The highest BCUT2D eigenvalue weighted by Crippen LogP contribution is 2.28. The van der Waals surface area contributed by atoms with E-state index in [0.717, 1.165) is 22.0 Å². The number of benzene rings is 2. The summed E-state index contributed by atoms with van der Waals surface area (Å²) in [5.74, 6) is 2.05. The van der Waals surface area contributed by atoms with Gasteiger partial charge in [-0.1, -0.05) is 53.2 Å². The third kappa shape index (κ3) is 5.90. The van der Waals surface area contributed by atoms with Crippen LogP contribution in [-0.4, -0.2) is 27.8 Å². The van der Waals surface area contributed by atoms with E-state index in [0.29, 0.717) is 41.1 Å². The molecule has 0 bridgehead atoms. The van der Waals surface area contributed by atoms with Crippen molar-refractivity contribution in [2.24, 2.45) is 0 Å². The summed E-state index contributed by atoms with van der Waals surface area (Å²) in [5.41, 5.74) is 1.90. The molecule has 3 rings (SSSR count). The number of rotatable bonds is 9. The molecule has 2 aromatic carbocycles. The minimum atomic E-state index is -0.0760. The van der Waals surface area contributed by atoms with Crippen molar-refractivity contribution in [2.45, 2.75) is 37.3 Å². The van der Waals surface area contributed by atoms with Crippen LogP contribution in [0.5, 0.6) is 5.75 Å². The normalized spacial score (nSPS) is 10.8. The van der Waals surface area contributed by atoms with E-state index in [1.165, 1.54) is 0 Å². The van der Waals surface area contributed by atoms with E-state index in [-0.39, 0.29) is 5.91 Å². The van der Waals surface area contributed by atoms with Gasteiger partial charge >= 0.3 is 0 Å². The third-order valence-electron chi connectivity index (χ3n) is 4.45. The van der Waals surface area contributed by atoms with Gasteiger partial charge in [0.25, 0.3) is 0 Å². The molecule has 0 fully saturated rings. The Kier molecular flexibility index (Phi) is 8.01. The Morgan fingerprint density at radius 1 is 1.17 bits per heavy atom. The number of aromatic nitrogens is 3. The van der Waals surface area contributed by atoms with Crippen LogP contribution < -0.4 is 10.1 Å². The first-order valence-electron chi connectivity index (χ1n) is 9.38. The summed E-state index contributed by atoms with van der Waals surface area (Å²) in [4.78, 5) is 12.3. The number of ether oxygens (including phenoxy) is 1. The number of thioether (sulfide) groups is 1. The Bertz CT molecular complexity index is 1010. The number of nitrogens with one attached hydrogen (secondary N) is 1. The van der Waals surface area contributed by atoms with E-state index >= 15 is 0 Å². The van der Waals surface area contributed by atoms with Crippen LogP contribution in [0.3, 0.4) is 0 Å². The van der Waals surface area contributed by atoms with Gasteiger partial charge in [-0.2, -0.15) is 0 Å². The molecule has 158 valence electrons. The van der Waals surface area contributed by atoms with Crippen LogP contribution in [0.15, 0.2) is 47.6 Å². The first-order valence-corrected chi connectivity index (χ1v) is 11.1. The number of methoxy groups -OCH3 is 1. The predicted molar refractivity (Wildman–Crippen MR) is 120 cm³/mol. The Hall–Kier alpha value is -2.22. The summed E-state index contributed by atoms with van der Waals surface area (Å²) in [6.07, 6.45) is 0.293. The van der Waals surface area contributed by atoms with Gasteiger partial charge in [0.2, 0.25) is 5.91 Å². The van der Waals surface area contributed by atoms with Gasteiger partial charge in [0.05, 0.1) is 20.1 Å². The van der Waals surface area contributed by atoms with Gasteiger partial charge in [-0.25, -0.2) is 0 Å². The fourth-order valence-corrected chi connectivity index (χ4v) is 4.40. The summed E-state index contributed by atoms with van der Waals surface area (Å²) in [7, 11) is 1.61. The topological polar surface area (TPSA) is 69.0 Å². The lowest BCUT2D eigenvalue weighted by Gasteiger charge is -2.09. The second-order valence-corrected chi connectivity index (χ2v) is 8.26. The lowest BCUT2D eigenvalue weighted by atomic mass is 10.1. The maximum atomic E-state index is 12.3. The van der Waals surface area contributed by atoms with E-state index in [4.69, 9.17) is 27.9 Å². The van der Waals surface area contributed by atoms with Crippen molar-refractivity contribution in [3.05, 3.63) is 69.5 Å². The monoisotopic (exact) mass is 464 g/mol. The first kappa shape index (κ1) is 22.5. The van der Waals surface area contributed by atoms with Gasteiger partial charge < -0.3 is 14.6 Å². The number of hydrogen-bond acceptors (Lipinski definition) is 5. The van der Waals surface area contributed by atoms with E-state index < -0.39 is 0 Å². The molecule has 0 saturated heterocycles. The van der Waals surface area contributed by atoms with Crippen molar-refractivity contribution >= 4 is 40.9 Å². The minimum absolute atomic E-state index is 0.0760. The fraction of sp³-hybridized carbons (Fsp3) is 0.286. The zero-order valence-electron chi connectivity index (χ0n) is 16.7. The molecular weight excluding hydrogens is 443 g/mol. The third-order valence-corrected chi connectivity index (χ3v) is 6.05. The second kappa shape index (κ2) is 10.7. The summed E-state index contributed by atoms with van der Waals surface area (Å²) < 4.78 is 7.12. The molecule has 1 heterocycles. The second-order valence-electron chi connectivity index (χ2n) is 6.47. The van der Waals surface area contributed by atoms with Gasteiger partial charge in [0.1, 0.15) is 5.75 Å². The molecule has 0 atom stereocenters. The molecule has 3 aromatic rings. The van der Waals surface area contributed by atoms with Crippen molar-refractivity contribution in [3.8, 4) is 5.75 Å². The van der Waals surface area contributed by atoms with Crippen molar-refractivity contribution in [2.75, 3.05) is 7.11 Å². The Balaban J connectivity index is 1.57. The highest BCUT2D eigenvalue weighted by atomic mass is 35.5. The molecule has 6 nitrogen and oxygen atoms in total. The lowest BCUT2D eigenvalue weighted by Crippen LogP contribution is -2.26. The molecule has 0 aliphatic rings. The average Bonchev–Trinajstić information content (AvgIpc) is 3.14. The summed E-state index contributed by atoms with van der Waals surface area (Å²) in [6.45, 7) is 3.04. The molecule has 0 unspecified atom stereocenters. The largest absolute Gasteiger partial charge is 0.497 e. The molecule has 0 aliphatic heterocycles. The maximum absolute atomic E-state index is 12.3. The van der Waals surface area contributed by atoms with Gasteiger partial charge in [-0.3, -0.25) is 4.79 Å². The zero-order valence-corrected chi connectivity index (χ0v) is 19.0. The molecular formula is C21H22Cl2N4O2S. The summed E-state index contributed by atoms with van der Waals surface area (Å²) in [5, 5.41) is 13.4. The molecule has 1 N–H and O–H groups in total. The number of halogens is 2. The van der Waals surface area contributed by atoms with Crippen LogP contribution in [0.1, 0.15) is 23.9 Å². The molecule has 0 radical (unpaired) electrons. The fourth-order valence-electron chi connectivity index (χ4n) is 2.82. The summed E-state index contributed by atoms with van der Waals surface area (Å²) >= 11 is 13.7. The smallest absolute Gasteiger partial charge is 0.224 e. The van der Waals surface area contributed by atoms with Crippen LogP contribution in [0.25, 0.3) is 0 Å². The summed E-state index contributed by atoms with van der Waals surface area (Å²) in [6, 6.07) is 12.9. The van der Waals surface area contributed by atoms with Crippen LogP contribution in [-0.2, 0) is 30.1 Å². The van der Waals surface area contributed by atoms with Gasteiger partial charge in [-0.05, 0) is 42.3 Å². The van der Waals surface area contributed by atoms with E-state index in [9.17, 15) is 4.79 Å². The highest BCUT2D eigenvalue weighted by Gasteiger charge is 2.13. The SMILES string of the molecule is CCn1c(CNC(=O)Cc2ccc(OC)cc2)nnc1SCc1ccc(Cl)cc1Cl. The van der Waals surface area contributed by atoms with Crippen molar-refractivity contribution in [1.82, 2.24) is 20.1 Å². The van der Waals surface area contributed by atoms with Crippen LogP contribution >= 0.6 is 35.0 Å². The average molecular weight is 465 g/mol. The molecule has 0 aliphatic carbocycles. The molecule has 30 heavy (non-hydrogen) atoms. The van der Waals surface area contributed by atoms with Crippen molar-refractivity contribution < 1.29 is 9.53 Å². The standard InChI is InChI=1S/C21H22Cl2N4O2S/c1-3-27-19(12-24-20(28)10-14-4-8-17(29-2)9-5-14)25-26-21(27)30-13-15-6-7-16(22)11-18(15)23/h4-9,11H,3,10,12-13H2,1-2H3,(H,24,28).